The minimum Gasteiger partial charge on any atom is -0.439 e. The van der Waals surface area contributed by atoms with E-state index in [9.17, 15) is 9.59 Å². The van der Waals surface area contributed by atoms with Gasteiger partial charge in [0.2, 0.25) is 17.7 Å². The zero-order valence-electron chi connectivity index (χ0n) is 11.6. The van der Waals surface area contributed by atoms with E-state index in [4.69, 9.17) is 10.2 Å². The smallest absolute Gasteiger partial charge is 0.243 e. The molecule has 7 heteroatoms. The second-order valence-electron chi connectivity index (χ2n) is 5.08. The van der Waals surface area contributed by atoms with Gasteiger partial charge in [-0.25, -0.2) is 4.98 Å². The van der Waals surface area contributed by atoms with Crippen LogP contribution in [-0.4, -0.2) is 34.3 Å². The lowest BCUT2D eigenvalue weighted by molar-refractivity contribution is -0.140. The number of anilines is 1. The first-order chi connectivity index (χ1) is 10.1. The van der Waals surface area contributed by atoms with Crippen molar-refractivity contribution in [2.75, 3.05) is 12.3 Å². The number of amides is 2. The average Bonchev–Trinajstić information content (AvgIpc) is 2.79. The van der Waals surface area contributed by atoms with Gasteiger partial charge in [-0.05, 0) is 24.6 Å². The number of nitrogens with one attached hydrogen (secondary N) is 1. The highest BCUT2D eigenvalue weighted by atomic mass is 16.3. The number of hydrogen-bond acceptors (Lipinski definition) is 6. The van der Waals surface area contributed by atoms with Gasteiger partial charge in [-0.2, -0.15) is 0 Å². The van der Waals surface area contributed by atoms with Gasteiger partial charge >= 0.3 is 0 Å². The standard InChI is InChI=1S/C14H16N4O3/c1-2-10-14(20)17-12(19)6-18(10)7-13-16-9-5-8(15)3-4-11(9)21-13/h3-5,10H,2,6-7,15H2,1H3,(H,17,19,20). The van der Waals surface area contributed by atoms with Gasteiger partial charge in [0, 0.05) is 5.69 Å². The molecule has 3 rings (SSSR count). The molecule has 1 unspecified atom stereocenters. The van der Waals surface area contributed by atoms with Gasteiger partial charge in [-0.15, -0.1) is 0 Å². The van der Waals surface area contributed by atoms with Crippen molar-refractivity contribution in [3.8, 4) is 0 Å². The molecule has 1 fully saturated rings. The van der Waals surface area contributed by atoms with Crippen molar-refractivity contribution in [3.63, 3.8) is 0 Å². The Kier molecular flexibility index (Phi) is 3.34. The van der Waals surface area contributed by atoms with Gasteiger partial charge in [0.05, 0.1) is 19.1 Å². The summed E-state index contributed by atoms with van der Waals surface area (Å²) in [5, 5.41) is 2.34. The molecule has 0 bridgehead atoms. The molecule has 0 spiro atoms. The molecule has 1 aliphatic rings. The maximum Gasteiger partial charge on any atom is 0.243 e. The van der Waals surface area contributed by atoms with E-state index in [1.807, 2.05) is 6.92 Å². The fourth-order valence-electron chi connectivity index (χ4n) is 2.56. The van der Waals surface area contributed by atoms with E-state index in [-0.39, 0.29) is 24.4 Å². The Balaban J connectivity index is 1.85. The second kappa shape index (κ2) is 5.17. The molecule has 110 valence electrons. The molecule has 1 atom stereocenters. The Hall–Kier alpha value is -2.41. The van der Waals surface area contributed by atoms with Gasteiger partial charge < -0.3 is 10.2 Å². The monoisotopic (exact) mass is 288 g/mol. The lowest BCUT2D eigenvalue weighted by Crippen LogP contribution is -2.57. The van der Waals surface area contributed by atoms with Crippen LogP contribution in [0.4, 0.5) is 5.69 Å². The first-order valence-electron chi connectivity index (χ1n) is 6.79. The molecule has 2 heterocycles. The van der Waals surface area contributed by atoms with Crippen LogP contribution in [0.5, 0.6) is 0 Å². The van der Waals surface area contributed by atoms with Crippen LogP contribution in [0.1, 0.15) is 19.2 Å². The molecule has 7 nitrogen and oxygen atoms in total. The molecule has 21 heavy (non-hydrogen) atoms. The number of fused-ring (bicyclic) bond motifs is 1. The van der Waals surface area contributed by atoms with Gasteiger partial charge in [0.1, 0.15) is 5.52 Å². The van der Waals surface area contributed by atoms with E-state index in [1.165, 1.54) is 0 Å². The average molecular weight is 288 g/mol. The predicted molar refractivity (Wildman–Crippen MR) is 76.1 cm³/mol. The maximum atomic E-state index is 11.8. The van der Waals surface area contributed by atoms with Gasteiger partial charge in [-0.1, -0.05) is 6.92 Å². The lowest BCUT2D eigenvalue weighted by Gasteiger charge is -2.32. The number of rotatable bonds is 3. The predicted octanol–water partition coefficient (Wildman–Crippen LogP) is 0.647. The highest BCUT2D eigenvalue weighted by Crippen LogP contribution is 2.20. The summed E-state index contributed by atoms with van der Waals surface area (Å²) in [4.78, 5) is 29.5. The number of carbonyl (C=O) groups excluding carboxylic acids is 2. The first kappa shape index (κ1) is 13.6. The molecule has 0 radical (unpaired) electrons. The molecule has 1 aromatic carbocycles. The third kappa shape index (κ3) is 2.59. The van der Waals surface area contributed by atoms with E-state index in [0.29, 0.717) is 35.6 Å². The van der Waals surface area contributed by atoms with Crippen molar-refractivity contribution in [2.24, 2.45) is 0 Å². The minimum absolute atomic E-state index is 0.158. The number of imide groups is 1. The third-order valence-electron chi connectivity index (χ3n) is 3.53. The number of piperazine rings is 1. The summed E-state index contributed by atoms with van der Waals surface area (Å²) in [5.41, 5.74) is 7.63. The summed E-state index contributed by atoms with van der Waals surface area (Å²) < 4.78 is 5.64. The van der Waals surface area contributed by atoms with Crippen LogP contribution >= 0.6 is 0 Å². The van der Waals surface area contributed by atoms with Crippen LogP contribution in [0.25, 0.3) is 11.1 Å². The molecule has 1 aliphatic heterocycles. The number of carbonyl (C=O) groups is 2. The molecule has 0 aliphatic carbocycles. The van der Waals surface area contributed by atoms with Crippen molar-refractivity contribution >= 4 is 28.6 Å². The fourth-order valence-corrected chi connectivity index (χ4v) is 2.56. The largest absolute Gasteiger partial charge is 0.439 e. The Morgan fingerprint density at radius 3 is 3.05 bits per heavy atom. The summed E-state index contributed by atoms with van der Waals surface area (Å²) in [6, 6.07) is 4.88. The SMILES string of the molecule is CCC1C(=O)NC(=O)CN1Cc1nc2cc(N)ccc2o1. The van der Waals surface area contributed by atoms with E-state index < -0.39 is 0 Å². The highest BCUT2D eigenvalue weighted by molar-refractivity contribution is 6.01. The van der Waals surface area contributed by atoms with Gasteiger partial charge in [-0.3, -0.25) is 19.8 Å². The fraction of sp³-hybridized carbons (Fsp3) is 0.357. The quantitative estimate of drug-likeness (QED) is 0.635. The van der Waals surface area contributed by atoms with Crippen LogP contribution in [0, 0.1) is 0 Å². The number of benzene rings is 1. The maximum absolute atomic E-state index is 11.8. The third-order valence-corrected chi connectivity index (χ3v) is 3.53. The van der Waals surface area contributed by atoms with Gasteiger partial charge in [0.15, 0.2) is 5.58 Å². The normalized spacial score (nSPS) is 20.0. The number of nitrogens with two attached hydrogens (primary N) is 1. The minimum atomic E-state index is -0.345. The zero-order chi connectivity index (χ0) is 15.0. The first-order valence-corrected chi connectivity index (χ1v) is 6.79. The van der Waals surface area contributed by atoms with Crippen LogP contribution in [0.2, 0.25) is 0 Å². The Labute approximate surface area is 121 Å². The molecule has 0 saturated carbocycles. The molecule has 2 aromatic rings. The van der Waals surface area contributed by atoms with E-state index in [2.05, 4.69) is 10.3 Å². The molecule has 3 N–H and O–H groups in total. The Morgan fingerprint density at radius 1 is 1.48 bits per heavy atom. The lowest BCUT2D eigenvalue weighted by atomic mass is 10.1. The summed E-state index contributed by atoms with van der Waals surface area (Å²) >= 11 is 0. The Bertz CT molecular complexity index is 709. The molecular weight excluding hydrogens is 272 g/mol. The number of hydrogen-bond donors (Lipinski definition) is 2. The zero-order valence-corrected chi connectivity index (χ0v) is 11.6. The number of nitrogens with zero attached hydrogens (tertiary/aromatic N) is 2. The summed E-state index contributed by atoms with van der Waals surface area (Å²) in [5.74, 6) is -0.101. The van der Waals surface area contributed by atoms with Gasteiger partial charge in [0.25, 0.3) is 0 Å². The van der Waals surface area contributed by atoms with Crippen molar-refractivity contribution < 1.29 is 14.0 Å². The van der Waals surface area contributed by atoms with Crippen LogP contribution < -0.4 is 11.1 Å². The molecule has 1 saturated heterocycles. The van der Waals surface area contributed by atoms with Crippen molar-refractivity contribution in [2.45, 2.75) is 25.9 Å². The van der Waals surface area contributed by atoms with Crippen molar-refractivity contribution in [3.05, 3.63) is 24.1 Å². The van der Waals surface area contributed by atoms with Crippen molar-refractivity contribution in [1.29, 1.82) is 0 Å². The topological polar surface area (TPSA) is 101 Å². The Morgan fingerprint density at radius 2 is 2.29 bits per heavy atom. The van der Waals surface area contributed by atoms with E-state index in [0.717, 1.165) is 0 Å². The van der Waals surface area contributed by atoms with E-state index >= 15 is 0 Å². The van der Waals surface area contributed by atoms with Crippen LogP contribution in [0.3, 0.4) is 0 Å². The summed E-state index contributed by atoms with van der Waals surface area (Å²) in [6.07, 6.45) is 0.617. The van der Waals surface area contributed by atoms with Crippen molar-refractivity contribution in [1.82, 2.24) is 15.2 Å². The summed E-state index contributed by atoms with van der Waals surface area (Å²) in [6.45, 7) is 2.37. The molecular formula is C14H16N4O3. The number of oxazole rings is 1. The number of aromatic nitrogens is 1. The molecule has 2 amide bonds. The van der Waals surface area contributed by atoms with Crippen LogP contribution in [0.15, 0.2) is 22.6 Å². The second-order valence-corrected chi connectivity index (χ2v) is 5.08. The summed E-state index contributed by atoms with van der Waals surface area (Å²) in [7, 11) is 0. The highest BCUT2D eigenvalue weighted by Gasteiger charge is 2.33. The molecule has 1 aromatic heterocycles. The number of nitrogen functional groups attached to an aromatic ring is 1. The van der Waals surface area contributed by atoms with Crippen LogP contribution in [-0.2, 0) is 16.1 Å². The van der Waals surface area contributed by atoms with E-state index in [1.54, 1.807) is 23.1 Å².